The van der Waals surface area contributed by atoms with Crippen LogP contribution in [0, 0.1) is 5.92 Å². The van der Waals surface area contributed by atoms with Crippen molar-refractivity contribution in [3.8, 4) is 0 Å². The van der Waals surface area contributed by atoms with Crippen LogP contribution in [0.3, 0.4) is 0 Å². The molecule has 1 saturated heterocycles. The van der Waals surface area contributed by atoms with Crippen LogP contribution in [0.5, 0.6) is 0 Å². The molecule has 1 rings (SSSR count). The van der Waals surface area contributed by atoms with Gasteiger partial charge in [0.15, 0.2) is 0 Å². The second kappa shape index (κ2) is 6.24. The second-order valence-corrected chi connectivity index (χ2v) is 5.67. The molecular formula is C13H25NO2. The van der Waals surface area contributed by atoms with E-state index in [0.717, 1.165) is 25.4 Å². The summed E-state index contributed by atoms with van der Waals surface area (Å²) in [6.45, 7) is 8.02. The Hall–Kier alpha value is -0.570. The molecule has 1 N–H and O–H groups in total. The van der Waals surface area contributed by atoms with Crippen molar-refractivity contribution in [1.82, 2.24) is 5.32 Å². The number of carbonyl (C=O) groups is 1. The molecule has 94 valence electrons. The minimum atomic E-state index is -0.341. The summed E-state index contributed by atoms with van der Waals surface area (Å²) in [4.78, 5) is 11.5. The molecule has 0 saturated carbocycles. The lowest BCUT2D eigenvalue weighted by atomic mass is 9.92. The Morgan fingerprint density at radius 1 is 1.31 bits per heavy atom. The van der Waals surface area contributed by atoms with Gasteiger partial charge in [-0.2, -0.15) is 0 Å². The first-order valence-electron chi connectivity index (χ1n) is 6.40. The molecule has 3 heteroatoms. The third-order valence-electron chi connectivity index (χ3n) is 2.87. The van der Waals surface area contributed by atoms with E-state index in [1.165, 1.54) is 19.3 Å². The molecule has 0 aromatic rings. The maximum atomic E-state index is 11.5. The summed E-state index contributed by atoms with van der Waals surface area (Å²) in [5.41, 5.74) is -0.341. The lowest BCUT2D eigenvalue weighted by Crippen LogP contribution is -2.28. The van der Waals surface area contributed by atoms with Crippen molar-refractivity contribution >= 4 is 5.97 Å². The van der Waals surface area contributed by atoms with Crippen LogP contribution in [-0.4, -0.2) is 24.7 Å². The minimum Gasteiger partial charge on any atom is -0.460 e. The standard InChI is InChI=1S/C13H25NO2/c1-13(2,3)16-12(15)6-4-5-11-7-9-14-10-8-11/h11,14H,4-10H2,1-3H3. The largest absolute Gasteiger partial charge is 0.460 e. The number of carbonyl (C=O) groups excluding carboxylic acids is 1. The summed E-state index contributed by atoms with van der Waals surface area (Å²) in [6, 6.07) is 0. The molecule has 0 aromatic heterocycles. The quantitative estimate of drug-likeness (QED) is 0.750. The highest BCUT2D eigenvalue weighted by atomic mass is 16.6. The number of rotatable bonds is 4. The Morgan fingerprint density at radius 3 is 2.50 bits per heavy atom. The minimum absolute atomic E-state index is 0.0542. The van der Waals surface area contributed by atoms with Gasteiger partial charge in [-0.3, -0.25) is 4.79 Å². The van der Waals surface area contributed by atoms with Gasteiger partial charge in [0.25, 0.3) is 0 Å². The summed E-state index contributed by atoms with van der Waals surface area (Å²) in [6.07, 6.45) is 5.23. The van der Waals surface area contributed by atoms with Crippen LogP contribution >= 0.6 is 0 Å². The van der Waals surface area contributed by atoms with Gasteiger partial charge >= 0.3 is 5.97 Å². The molecule has 0 bridgehead atoms. The number of piperidine rings is 1. The summed E-state index contributed by atoms with van der Waals surface area (Å²) < 4.78 is 5.28. The molecule has 0 spiro atoms. The number of ether oxygens (including phenoxy) is 1. The average Bonchev–Trinajstić information content (AvgIpc) is 2.16. The van der Waals surface area contributed by atoms with Crippen molar-refractivity contribution in [2.75, 3.05) is 13.1 Å². The van der Waals surface area contributed by atoms with E-state index in [-0.39, 0.29) is 11.6 Å². The highest BCUT2D eigenvalue weighted by Crippen LogP contribution is 2.19. The second-order valence-electron chi connectivity index (χ2n) is 5.67. The molecule has 0 aliphatic carbocycles. The first kappa shape index (κ1) is 13.5. The molecule has 1 fully saturated rings. The lowest BCUT2D eigenvalue weighted by molar-refractivity contribution is -0.154. The van der Waals surface area contributed by atoms with Gasteiger partial charge in [0.2, 0.25) is 0 Å². The number of nitrogens with one attached hydrogen (secondary N) is 1. The zero-order chi connectivity index (χ0) is 12.0. The molecule has 0 amide bonds. The van der Waals surface area contributed by atoms with Crippen LogP contribution in [0.15, 0.2) is 0 Å². The monoisotopic (exact) mass is 227 g/mol. The fourth-order valence-electron chi connectivity index (χ4n) is 2.10. The summed E-state index contributed by atoms with van der Waals surface area (Å²) >= 11 is 0. The van der Waals surface area contributed by atoms with Crippen molar-refractivity contribution in [3.63, 3.8) is 0 Å². The normalized spacial score (nSPS) is 18.4. The van der Waals surface area contributed by atoms with E-state index < -0.39 is 0 Å². The fraction of sp³-hybridized carbons (Fsp3) is 0.923. The van der Waals surface area contributed by atoms with E-state index in [4.69, 9.17) is 4.74 Å². The van der Waals surface area contributed by atoms with Crippen LogP contribution in [0.4, 0.5) is 0 Å². The molecule has 0 unspecified atom stereocenters. The van der Waals surface area contributed by atoms with Gasteiger partial charge in [-0.05, 0) is 65.5 Å². The first-order valence-corrected chi connectivity index (χ1v) is 6.40. The summed E-state index contributed by atoms with van der Waals surface area (Å²) in [5.74, 6) is 0.755. The zero-order valence-corrected chi connectivity index (χ0v) is 10.8. The SMILES string of the molecule is CC(C)(C)OC(=O)CCCC1CCNCC1. The van der Waals surface area contributed by atoms with E-state index in [0.29, 0.717) is 6.42 Å². The van der Waals surface area contributed by atoms with Crippen molar-refractivity contribution in [2.24, 2.45) is 5.92 Å². The highest BCUT2D eigenvalue weighted by Gasteiger charge is 2.17. The Bertz CT molecular complexity index is 214. The molecule has 1 aliphatic heterocycles. The number of esters is 1. The van der Waals surface area contributed by atoms with Gasteiger partial charge in [0, 0.05) is 6.42 Å². The van der Waals surface area contributed by atoms with Gasteiger partial charge in [-0.25, -0.2) is 0 Å². The Kier molecular flexibility index (Phi) is 5.26. The van der Waals surface area contributed by atoms with Crippen molar-refractivity contribution in [1.29, 1.82) is 0 Å². The van der Waals surface area contributed by atoms with Gasteiger partial charge in [-0.15, -0.1) is 0 Å². The van der Waals surface area contributed by atoms with Gasteiger partial charge < -0.3 is 10.1 Å². The van der Waals surface area contributed by atoms with E-state index in [2.05, 4.69) is 5.32 Å². The van der Waals surface area contributed by atoms with Crippen molar-refractivity contribution < 1.29 is 9.53 Å². The van der Waals surface area contributed by atoms with E-state index in [1.54, 1.807) is 0 Å². The van der Waals surface area contributed by atoms with Crippen molar-refractivity contribution in [2.45, 2.75) is 58.5 Å². The average molecular weight is 227 g/mol. The maximum absolute atomic E-state index is 11.5. The number of hydrogen-bond acceptors (Lipinski definition) is 3. The number of hydrogen-bond donors (Lipinski definition) is 1. The zero-order valence-electron chi connectivity index (χ0n) is 10.8. The van der Waals surface area contributed by atoms with Gasteiger partial charge in [0.1, 0.15) is 5.60 Å². The third-order valence-corrected chi connectivity index (χ3v) is 2.87. The lowest BCUT2D eigenvalue weighted by Gasteiger charge is -2.23. The Balaban J connectivity index is 2.08. The maximum Gasteiger partial charge on any atom is 0.306 e. The predicted molar refractivity (Wildman–Crippen MR) is 65.3 cm³/mol. The van der Waals surface area contributed by atoms with Crippen LogP contribution in [0.25, 0.3) is 0 Å². The van der Waals surface area contributed by atoms with Gasteiger partial charge in [0.05, 0.1) is 0 Å². The Morgan fingerprint density at radius 2 is 1.94 bits per heavy atom. The first-order chi connectivity index (χ1) is 7.47. The third kappa shape index (κ3) is 6.11. The fourth-order valence-corrected chi connectivity index (χ4v) is 2.10. The molecule has 1 aliphatic rings. The smallest absolute Gasteiger partial charge is 0.306 e. The molecule has 0 aromatic carbocycles. The van der Waals surface area contributed by atoms with Crippen LogP contribution in [0.1, 0.15) is 52.9 Å². The van der Waals surface area contributed by atoms with Crippen LogP contribution in [0.2, 0.25) is 0 Å². The van der Waals surface area contributed by atoms with E-state index in [1.807, 2.05) is 20.8 Å². The van der Waals surface area contributed by atoms with Crippen molar-refractivity contribution in [3.05, 3.63) is 0 Å². The predicted octanol–water partition coefficient (Wildman–Crippen LogP) is 2.50. The van der Waals surface area contributed by atoms with Gasteiger partial charge in [-0.1, -0.05) is 0 Å². The van der Waals surface area contributed by atoms with E-state index in [9.17, 15) is 4.79 Å². The van der Waals surface area contributed by atoms with E-state index >= 15 is 0 Å². The molecule has 1 heterocycles. The molecule has 0 atom stereocenters. The topological polar surface area (TPSA) is 38.3 Å². The van der Waals surface area contributed by atoms with Crippen LogP contribution < -0.4 is 5.32 Å². The molecule has 16 heavy (non-hydrogen) atoms. The Labute approximate surface area is 98.9 Å². The molecular weight excluding hydrogens is 202 g/mol. The van der Waals surface area contributed by atoms with Crippen LogP contribution in [-0.2, 0) is 9.53 Å². The highest BCUT2D eigenvalue weighted by molar-refractivity contribution is 5.69. The molecule has 0 radical (unpaired) electrons. The molecule has 3 nitrogen and oxygen atoms in total. The summed E-state index contributed by atoms with van der Waals surface area (Å²) in [7, 11) is 0. The summed E-state index contributed by atoms with van der Waals surface area (Å²) in [5, 5.41) is 3.35.